The van der Waals surface area contributed by atoms with Gasteiger partial charge in [-0.2, -0.15) is 17.0 Å². The van der Waals surface area contributed by atoms with E-state index >= 15 is 0 Å². The van der Waals surface area contributed by atoms with E-state index < -0.39 is 5.54 Å². The minimum absolute atomic E-state index is 0.160. The predicted molar refractivity (Wildman–Crippen MR) is 76.9 cm³/mol. The summed E-state index contributed by atoms with van der Waals surface area (Å²) in [6.07, 6.45) is 0.726. The molecule has 0 aromatic heterocycles. The van der Waals surface area contributed by atoms with Gasteiger partial charge in [-0.3, -0.25) is 4.79 Å². The molecule has 1 unspecified atom stereocenters. The van der Waals surface area contributed by atoms with Gasteiger partial charge in [0.1, 0.15) is 5.54 Å². The van der Waals surface area contributed by atoms with Crippen LogP contribution in [0, 0.1) is 14.9 Å². The fraction of sp³-hybridized carbons (Fsp3) is 0.333. The van der Waals surface area contributed by atoms with E-state index in [1.807, 2.05) is 18.2 Å². The summed E-state index contributed by atoms with van der Waals surface area (Å²) in [4.78, 5) is 12.0. The molecule has 0 bridgehead atoms. The number of hydrogen-bond acceptors (Lipinski definition) is 3. The fourth-order valence-electron chi connectivity index (χ4n) is 1.70. The third-order valence-electron chi connectivity index (χ3n) is 2.68. The number of amides is 1. The zero-order chi connectivity index (χ0) is 12.3. The van der Waals surface area contributed by atoms with Crippen molar-refractivity contribution in [1.29, 1.82) is 5.26 Å². The minimum Gasteiger partial charge on any atom is -0.333 e. The molecule has 1 aliphatic rings. The molecule has 0 saturated carbocycles. The van der Waals surface area contributed by atoms with E-state index in [4.69, 9.17) is 0 Å². The summed E-state index contributed by atoms with van der Waals surface area (Å²) in [5.74, 6) is 1.45. The van der Waals surface area contributed by atoms with Crippen LogP contribution in [0.2, 0.25) is 0 Å². The molecule has 88 valence electrons. The summed E-state index contributed by atoms with van der Waals surface area (Å²) < 4.78 is 1.02. The van der Waals surface area contributed by atoms with Crippen LogP contribution >= 0.6 is 34.4 Å². The molecule has 1 amide bonds. The SMILES string of the molecule is N#CC1(NC(=O)c2cccc(I)c2)CCSC1. The lowest BCUT2D eigenvalue weighted by Gasteiger charge is -2.21. The largest absolute Gasteiger partial charge is 0.333 e. The van der Waals surface area contributed by atoms with Crippen LogP contribution in [0.4, 0.5) is 0 Å². The molecule has 0 spiro atoms. The van der Waals surface area contributed by atoms with Crippen LogP contribution in [0.5, 0.6) is 0 Å². The van der Waals surface area contributed by atoms with Gasteiger partial charge in [-0.05, 0) is 53.0 Å². The maximum absolute atomic E-state index is 12.0. The highest BCUT2D eigenvalue weighted by molar-refractivity contribution is 14.1. The zero-order valence-electron chi connectivity index (χ0n) is 9.07. The first-order valence-electron chi connectivity index (χ1n) is 5.22. The maximum atomic E-state index is 12.0. The Hall–Kier alpha value is -0.740. The topological polar surface area (TPSA) is 52.9 Å². The number of halogens is 1. The number of nitrogens with zero attached hydrogens (tertiary/aromatic N) is 1. The molecule has 2 rings (SSSR count). The molecule has 1 N–H and O–H groups in total. The van der Waals surface area contributed by atoms with Crippen LogP contribution in [0.25, 0.3) is 0 Å². The Bertz CT molecular complexity index is 478. The molecular weight excluding hydrogens is 347 g/mol. The van der Waals surface area contributed by atoms with E-state index in [2.05, 4.69) is 34.0 Å². The molecule has 0 aliphatic carbocycles. The van der Waals surface area contributed by atoms with Gasteiger partial charge in [0.15, 0.2) is 0 Å². The van der Waals surface area contributed by atoms with Gasteiger partial charge in [0.05, 0.1) is 6.07 Å². The predicted octanol–water partition coefficient (Wildman–Crippen LogP) is 2.42. The smallest absolute Gasteiger partial charge is 0.252 e. The number of carbonyl (C=O) groups is 1. The Balaban J connectivity index is 2.14. The summed E-state index contributed by atoms with van der Waals surface area (Å²) in [5.41, 5.74) is -0.0633. The Morgan fingerprint density at radius 3 is 3.00 bits per heavy atom. The summed E-state index contributed by atoms with van der Waals surface area (Å²) in [6.45, 7) is 0. The van der Waals surface area contributed by atoms with Gasteiger partial charge in [0, 0.05) is 14.9 Å². The van der Waals surface area contributed by atoms with Crippen LogP contribution in [0.3, 0.4) is 0 Å². The van der Waals surface area contributed by atoms with Crippen molar-refractivity contribution < 1.29 is 4.79 Å². The van der Waals surface area contributed by atoms with Crippen molar-refractivity contribution in [2.24, 2.45) is 0 Å². The van der Waals surface area contributed by atoms with Gasteiger partial charge in [0.25, 0.3) is 5.91 Å². The average molecular weight is 358 g/mol. The number of hydrogen-bond donors (Lipinski definition) is 1. The highest BCUT2D eigenvalue weighted by atomic mass is 127. The highest BCUT2D eigenvalue weighted by Crippen LogP contribution is 2.27. The van der Waals surface area contributed by atoms with Gasteiger partial charge in [0.2, 0.25) is 0 Å². The van der Waals surface area contributed by atoms with Crippen molar-refractivity contribution in [2.75, 3.05) is 11.5 Å². The van der Waals surface area contributed by atoms with E-state index in [-0.39, 0.29) is 5.91 Å². The molecule has 17 heavy (non-hydrogen) atoms. The first-order valence-corrected chi connectivity index (χ1v) is 7.46. The summed E-state index contributed by atoms with van der Waals surface area (Å²) in [7, 11) is 0. The molecule has 1 atom stereocenters. The van der Waals surface area contributed by atoms with Crippen LogP contribution in [-0.4, -0.2) is 23.0 Å². The van der Waals surface area contributed by atoms with Gasteiger partial charge in [-0.1, -0.05) is 6.07 Å². The lowest BCUT2D eigenvalue weighted by molar-refractivity contribution is 0.0926. The van der Waals surface area contributed by atoms with Crippen LogP contribution in [-0.2, 0) is 0 Å². The Labute approximate surface area is 118 Å². The van der Waals surface area contributed by atoms with Crippen molar-refractivity contribution in [3.63, 3.8) is 0 Å². The van der Waals surface area contributed by atoms with Crippen LogP contribution < -0.4 is 5.32 Å². The second-order valence-electron chi connectivity index (χ2n) is 3.96. The third-order valence-corrected chi connectivity index (χ3v) is 4.54. The number of rotatable bonds is 2. The summed E-state index contributed by atoms with van der Waals surface area (Å²) in [5, 5.41) is 12.0. The lowest BCUT2D eigenvalue weighted by atomic mass is 10.0. The van der Waals surface area contributed by atoms with Crippen molar-refractivity contribution >= 4 is 40.3 Å². The molecule has 3 nitrogen and oxygen atoms in total. The molecule has 1 aromatic rings. The summed E-state index contributed by atoms with van der Waals surface area (Å²) in [6, 6.07) is 9.61. The van der Waals surface area contributed by atoms with Gasteiger partial charge >= 0.3 is 0 Å². The van der Waals surface area contributed by atoms with Gasteiger partial charge in [-0.15, -0.1) is 0 Å². The zero-order valence-corrected chi connectivity index (χ0v) is 12.0. The van der Waals surface area contributed by atoms with Crippen molar-refractivity contribution in [3.8, 4) is 6.07 Å². The number of nitrogens with one attached hydrogen (secondary N) is 1. The fourth-order valence-corrected chi connectivity index (χ4v) is 3.51. The Morgan fingerprint density at radius 2 is 2.41 bits per heavy atom. The second-order valence-corrected chi connectivity index (χ2v) is 6.31. The van der Waals surface area contributed by atoms with Gasteiger partial charge < -0.3 is 5.32 Å². The maximum Gasteiger partial charge on any atom is 0.252 e. The van der Waals surface area contributed by atoms with E-state index in [0.29, 0.717) is 11.3 Å². The minimum atomic E-state index is -0.678. The second kappa shape index (κ2) is 5.27. The van der Waals surface area contributed by atoms with Crippen LogP contribution in [0.15, 0.2) is 24.3 Å². The summed E-state index contributed by atoms with van der Waals surface area (Å²) >= 11 is 3.87. The molecule has 0 radical (unpaired) electrons. The van der Waals surface area contributed by atoms with Crippen LogP contribution in [0.1, 0.15) is 16.8 Å². The number of nitriles is 1. The number of benzene rings is 1. The van der Waals surface area contributed by atoms with Crippen molar-refractivity contribution in [3.05, 3.63) is 33.4 Å². The Kier molecular flexibility index (Phi) is 3.94. The number of carbonyl (C=O) groups excluding carboxylic acids is 1. The monoisotopic (exact) mass is 358 g/mol. The van der Waals surface area contributed by atoms with E-state index in [1.165, 1.54) is 0 Å². The molecule has 1 heterocycles. The first-order chi connectivity index (χ1) is 8.15. The van der Waals surface area contributed by atoms with E-state index in [1.54, 1.807) is 17.8 Å². The Morgan fingerprint density at radius 1 is 1.59 bits per heavy atom. The normalized spacial score (nSPS) is 23.1. The lowest BCUT2D eigenvalue weighted by Crippen LogP contribution is -2.47. The molecular formula is C12H11IN2OS. The molecule has 5 heteroatoms. The van der Waals surface area contributed by atoms with Gasteiger partial charge in [-0.25, -0.2) is 0 Å². The quantitative estimate of drug-likeness (QED) is 0.827. The van der Waals surface area contributed by atoms with Crippen molar-refractivity contribution in [2.45, 2.75) is 12.0 Å². The molecule has 1 saturated heterocycles. The van der Waals surface area contributed by atoms with Crippen molar-refractivity contribution in [1.82, 2.24) is 5.32 Å². The molecule has 1 aliphatic heterocycles. The highest BCUT2D eigenvalue weighted by Gasteiger charge is 2.36. The standard InChI is InChI=1S/C12H11IN2OS/c13-10-3-1-2-9(6-10)11(16)15-12(7-14)4-5-17-8-12/h1-3,6H,4-5,8H2,(H,15,16). The average Bonchev–Trinajstić information content (AvgIpc) is 2.78. The molecule has 1 aromatic carbocycles. The third kappa shape index (κ3) is 2.93. The first kappa shape index (κ1) is 12.7. The molecule has 1 fully saturated rings. The van der Waals surface area contributed by atoms with E-state index in [9.17, 15) is 10.1 Å². The number of thioether (sulfide) groups is 1. The van der Waals surface area contributed by atoms with E-state index in [0.717, 1.165) is 15.7 Å².